The molecule has 1 unspecified atom stereocenters. The molecule has 19 heavy (non-hydrogen) atoms. The SMILES string of the molecule is CSc1ccc(NCC(C)(O)c2ccccc2)cc1. The smallest absolute Gasteiger partial charge is 0.104 e. The van der Waals surface area contributed by atoms with Crippen molar-refractivity contribution < 1.29 is 5.11 Å². The van der Waals surface area contributed by atoms with Crippen LogP contribution in [0.3, 0.4) is 0 Å². The van der Waals surface area contributed by atoms with Gasteiger partial charge in [-0.15, -0.1) is 11.8 Å². The zero-order chi connectivity index (χ0) is 13.7. The van der Waals surface area contributed by atoms with Gasteiger partial charge in [0.05, 0.1) is 0 Å². The monoisotopic (exact) mass is 273 g/mol. The molecule has 0 aliphatic heterocycles. The highest BCUT2D eigenvalue weighted by molar-refractivity contribution is 7.98. The summed E-state index contributed by atoms with van der Waals surface area (Å²) < 4.78 is 0. The van der Waals surface area contributed by atoms with Crippen molar-refractivity contribution in [3.63, 3.8) is 0 Å². The fourth-order valence-electron chi connectivity index (χ4n) is 1.88. The Morgan fingerprint density at radius 3 is 2.26 bits per heavy atom. The van der Waals surface area contributed by atoms with Gasteiger partial charge in [-0.1, -0.05) is 30.3 Å². The summed E-state index contributed by atoms with van der Waals surface area (Å²) in [6.45, 7) is 2.31. The summed E-state index contributed by atoms with van der Waals surface area (Å²) in [6, 6.07) is 17.9. The highest BCUT2D eigenvalue weighted by Crippen LogP contribution is 2.22. The Kier molecular flexibility index (Phi) is 4.51. The molecule has 2 nitrogen and oxygen atoms in total. The Morgan fingerprint density at radius 2 is 1.68 bits per heavy atom. The second-order valence-corrected chi connectivity index (χ2v) is 5.60. The van der Waals surface area contributed by atoms with Gasteiger partial charge in [0.25, 0.3) is 0 Å². The van der Waals surface area contributed by atoms with Gasteiger partial charge in [0, 0.05) is 17.1 Å². The molecule has 2 N–H and O–H groups in total. The number of thioether (sulfide) groups is 1. The van der Waals surface area contributed by atoms with E-state index in [9.17, 15) is 5.11 Å². The second-order valence-electron chi connectivity index (χ2n) is 4.72. The number of anilines is 1. The number of rotatable bonds is 5. The predicted octanol–water partition coefficient (Wildman–Crippen LogP) is 3.73. The molecule has 0 amide bonds. The van der Waals surface area contributed by atoms with E-state index in [1.165, 1.54) is 4.90 Å². The summed E-state index contributed by atoms with van der Waals surface area (Å²) in [5, 5.41) is 13.8. The zero-order valence-electron chi connectivity index (χ0n) is 11.3. The number of benzene rings is 2. The Hall–Kier alpha value is -1.45. The Bertz CT molecular complexity index is 508. The molecular formula is C16H19NOS. The summed E-state index contributed by atoms with van der Waals surface area (Å²) in [5.74, 6) is 0. The minimum atomic E-state index is -0.876. The normalized spacial score (nSPS) is 13.8. The van der Waals surface area contributed by atoms with E-state index in [2.05, 4.69) is 23.7 Å². The first kappa shape index (κ1) is 14.0. The second kappa shape index (κ2) is 6.13. The molecule has 2 aromatic rings. The van der Waals surface area contributed by atoms with E-state index in [0.717, 1.165) is 11.3 Å². The zero-order valence-corrected chi connectivity index (χ0v) is 12.1. The van der Waals surface area contributed by atoms with Crippen LogP contribution in [0.5, 0.6) is 0 Å². The molecular weight excluding hydrogens is 254 g/mol. The highest BCUT2D eigenvalue weighted by atomic mass is 32.2. The summed E-state index contributed by atoms with van der Waals surface area (Å²) >= 11 is 1.72. The molecule has 0 heterocycles. The maximum Gasteiger partial charge on any atom is 0.104 e. The van der Waals surface area contributed by atoms with Crippen LogP contribution in [0.2, 0.25) is 0 Å². The van der Waals surface area contributed by atoms with Gasteiger partial charge in [-0.05, 0) is 43.0 Å². The molecule has 0 aromatic heterocycles. The van der Waals surface area contributed by atoms with Crippen molar-refractivity contribution in [3.05, 3.63) is 60.2 Å². The van der Waals surface area contributed by atoms with Gasteiger partial charge in [-0.3, -0.25) is 0 Å². The molecule has 3 heteroatoms. The van der Waals surface area contributed by atoms with Crippen LogP contribution in [-0.2, 0) is 5.60 Å². The summed E-state index contributed by atoms with van der Waals surface area (Å²) in [5.41, 5.74) is 1.07. The molecule has 0 saturated heterocycles. The highest BCUT2D eigenvalue weighted by Gasteiger charge is 2.22. The Balaban J connectivity index is 2.01. The fraction of sp³-hybridized carbons (Fsp3) is 0.250. The molecule has 100 valence electrons. The average molecular weight is 273 g/mol. The predicted molar refractivity (Wildman–Crippen MR) is 82.7 cm³/mol. The van der Waals surface area contributed by atoms with Gasteiger partial charge in [0.2, 0.25) is 0 Å². The van der Waals surface area contributed by atoms with E-state index in [1.807, 2.05) is 49.4 Å². The summed E-state index contributed by atoms with van der Waals surface area (Å²) in [4.78, 5) is 1.24. The first-order valence-electron chi connectivity index (χ1n) is 6.28. The topological polar surface area (TPSA) is 32.3 Å². The Labute approximate surface area is 118 Å². The maximum atomic E-state index is 10.5. The third-order valence-corrected chi connectivity index (χ3v) is 3.87. The largest absolute Gasteiger partial charge is 0.384 e. The first-order chi connectivity index (χ1) is 9.12. The van der Waals surface area contributed by atoms with E-state index >= 15 is 0 Å². The van der Waals surface area contributed by atoms with Crippen molar-refractivity contribution in [3.8, 4) is 0 Å². The molecule has 0 aliphatic rings. The molecule has 0 aliphatic carbocycles. The number of aliphatic hydroxyl groups is 1. The Morgan fingerprint density at radius 1 is 1.05 bits per heavy atom. The van der Waals surface area contributed by atoms with Gasteiger partial charge in [-0.25, -0.2) is 0 Å². The quantitative estimate of drug-likeness (QED) is 0.814. The van der Waals surface area contributed by atoms with Crippen molar-refractivity contribution in [1.29, 1.82) is 0 Å². The van der Waals surface area contributed by atoms with E-state index < -0.39 is 5.60 Å². The maximum absolute atomic E-state index is 10.5. The van der Waals surface area contributed by atoms with Crippen molar-refractivity contribution in [2.45, 2.75) is 17.4 Å². The molecule has 2 aromatic carbocycles. The van der Waals surface area contributed by atoms with Crippen LogP contribution in [0.25, 0.3) is 0 Å². The summed E-state index contributed by atoms with van der Waals surface area (Å²) in [6.07, 6.45) is 2.06. The fourth-order valence-corrected chi connectivity index (χ4v) is 2.29. The summed E-state index contributed by atoms with van der Waals surface area (Å²) in [7, 11) is 0. The number of hydrogen-bond donors (Lipinski definition) is 2. The third-order valence-electron chi connectivity index (χ3n) is 3.12. The lowest BCUT2D eigenvalue weighted by Gasteiger charge is -2.24. The van der Waals surface area contributed by atoms with Crippen LogP contribution in [0.15, 0.2) is 59.5 Å². The van der Waals surface area contributed by atoms with E-state index in [1.54, 1.807) is 11.8 Å². The van der Waals surface area contributed by atoms with Gasteiger partial charge in [0.1, 0.15) is 5.60 Å². The molecule has 0 fully saturated rings. The van der Waals surface area contributed by atoms with E-state index in [4.69, 9.17) is 0 Å². The van der Waals surface area contributed by atoms with Gasteiger partial charge >= 0.3 is 0 Å². The standard InChI is InChI=1S/C16H19NOS/c1-16(18,13-6-4-3-5-7-13)12-17-14-8-10-15(19-2)11-9-14/h3-11,17-18H,12H2,1-2H3. The third kappa shape index (κ3) is 3.75. The van der Waals surface area contributed by atoms with Crippen LogP contribution in [-0.4, -0.2) is 17.9 Å². The van der Waals surface area contributed by atoms with Crippen LogP contribution in [0.1, 0.15) is 12.5 Å². The number of hydrogen-bond acceptors (Lipinski definition) is 3. The van der Waals surface area contributed by atoms with E-state index in [0.29, 0.717) is 6.54 Å². The van der Waals surface area contributed by atoms with Crippen molar-refractivity contribution in [2.24, 2.45) is 0 Å². The number of nitrogens with one attached hydrogen (secondary N) is 1. The van der Waals surface area contributed by atoms with Gasteiger partial charge in [-0.2, -0.15) is 0 Å². The average Bonchev–Trinajstić information content (AvgIpc) is 2.47. The van der Waals surface area contributed by atoms with Crippen molar-refractivity contribution in [2.75, 3.05) is 18.1 Å². The minimum Gasteiger partial charge on any atom is -0.384 e. The first-order valence-corrected chi connectivity index (χ1v) is 7.50. The molecule has 2 rings (SSSR count). The lowest BCUT2D eigenvalue weighted by atomic mass is 9.96. The van der Waals surface area contributed by atoms with Gasteiger partial charge < -0.3 is 10.4 Å². The van der Waals surface area contributed by atoms with Crippen LogP contribution in [0, 0.1) is 0 Å². The van der Waals surface area contributed by atoms with Gasteiger partial charge in [0.15, 0.2) is 0 Å². The van der Waals surface area contributed by atoms with Crippen molar-refractivity contribution >= 4 is 17.4 Å². The molecule has 0 saturated carbocycles. The minimum absolute atomic E-state index is 0.482. The molecule has 1 atom stereocenters. The van der Waals surface area contributed by atoms with E-state index in [-0.39, 0.29) is 0 Å². The molecule has 0 radical (unpaired) electrons. The molecule has 0 bridgehead atoms. The van der Waals surface area contributed by atoms with Crippen LogP contribution >= 0.6 is 11.8 Å². The lowest BCUT2D eigenvalue weighted by molar-refractivity contribution is 0.0715. The van der Waals surface area contributed by atoms with Crippen LogP contribution in [0.4, 0.5) is 5.69 Å². The molecule has 0 spiro atoms. The van der Waals surface area contributed by atoms with Crippen LogP contribution < -0.4 is 5.32 Å². The van der Waals surface area contributed by atoms with Crippen molar-refractivity contribution in [1.82, 2.24) is 0 Å². The lowest BCUT2D eigenvalue weighted by Crippen LogP contribution is -2.30.